The second kappa shape index (κ2) is 10.3. The van der Waals surface area contributed by atoms with Crippen LogP contribution in [0.1, 0.15) is 11.1 Å². The summed E-state index contributed by atoms with van der Waals surface area (Å²) in [7, 11) is 0. The molecule has 10 nitrogen and oxygen atoms in total. The molecule has 4 aromatic rings. The van der Waals surface area contributed by atoms with E-state index in [-0.39, 0.29) is 11.4 Å². The van der Waals surface area contributed by atoms with E-state index in [1.807, 2.05) is 12.1 Å². The predicted molar refractivity (Wildman–Crippen MR) is 138 cm³/mol. The molecule has 4 rings (SSSR count). The maximum absolute atomic E-state index is 13.1. The maximum atomic E-state index is 13.1. The molecule has 0 radical (unpaired) electrons. The molecule has 0 aliphatic heterocycles. The Morgan fingerprint density at radius 3 is 2.43 bits per heavy atom. The number of amides is 1. The second-order valence-corrected chi connectivity index (χ2v) is 8.96. The summed E-state index contributed by atoms with van der Waals surface area (Å²) >= 11 is 4.67. The summed E-state index contributed by atoms with van der Waals surface area (Å²) in [4.78, 5) is 38.5. The summed E-state index contributed by atoms with van der Waals surface area (Å²) < 4.78 is 1.69. The average molecular weight is 552 g/mol. The van der Waals surface area contributed by atoms with E-state index in [9.17, 15) is 25.0 Å². The van der Waals surface area contributed by atoms with E-state index >= 15 is 0 Å². The van der Waals surface area contributed by atoms with E-state index in [1.54, 1.807) is 12.1 Å². The lowest BCUT2D eigenvalue weighted by atomic mass is 10.2. The molecular formula is C23H14BrN5O5S. The number of thiazole rings is 1. The van der Waals surface area contributed by atoms with Crippen LogP contribution in [0.5, 0.6) is 0 Å². The van der Waals surface area contributed by atoms with Gasteiger partial charge in [-0.1, -0.05) is 39.4 Å². The number of rotatable bonds is 7. The Labute approximate surface area is 210 Å². The fourth-order valence-corrected chi connectivity index (χ4v) is 4.45. The van der Waals surface area contributed by atoms with Gasteiger partial charge in [0.2, 0.25) is 5.13 Å². The Bertz CT molecular complexity index is 1500. The monoisotopic (exact) mass is 551 g/mol. The quantitative estimate of drug-likeness (QED) is 0.120. The summed E-state index contributed by atoms with van der Waals surface area (Å²) in [5.41, 5.74) is 1.54. The second-order valence-electron chi connectivity index (χ2n) is 7.04. The number of hydrogen-bond acceptors (Lipinski definition) is 8. The minimum atomic E-state index is -0.534. The number of nitro benzene ring substituents is 2. The summed E-state index contributed by atoms with van der Waals surface area (Å²) in [5, 5.41) is 27.6. The molecule has 0 atom stereocenters. The van der Waals surface area contributed by atoms with Crippen molar-refractivity contribution < 1.29 is 14.6 Å². The normalized spacial score (nSPS) is 11.3. The van der Waals surface area contributed by atoms with E-state index in [2.05, 4.69) is 26.0 Å². The largest absolute Gasteiger partial charge is 0.273 e. The third kappa shape index (κ3) is 5.80. The van der Waals surface area contributed by atoms with Crippen molar-refractivity contribution in [1.82, 2.24) is 4.98 Å². The van der Waals surface area contributed by atoms with Gasteiger partial charge in [0.1, 0.15) is 0 Å². The number of halogens is 1. The molecule has 0 saturated carbocycles. The Balaban J connectivity index is 1.67. The van der Waals surface area contributed by atoms with Crippen molar-refractivity contribution in [3.63, 3.8) is 0 Å². The third-order valence-electron chi connectivity index (χ3n) is 4.65. The first-order valence-electron chi connectivity index (χ1n) is 9.91. The molecule has 174 valence electrons. The zero-order chi connectivity index (χ0) is 24.9. The number of hydrogen-bond donors (Lipinski definition) is 0. The minimum absolute atomic E-state index is 0.0632. The fraction of sp³-hybridized carbons (Fsp3) is 0. The van der Waals surface area contributed by atoms with E-state index in [0.717, 1.165) is 14.2 Å². The van der Waals surface area contributed by atoms with Crippen LogP contribution in [0.3, 0.4) is 0 Å². The van der Waals surface area contributed by atoms with Crippen LogP contribution in [0.4, 0.5) is 16.5 Å². The van der Waals surface area contributed by atoms with Crippen molar-refractivity contribution in [2.75, 3.05) is 5.01 Å². The molecule has 0 N–H and O–H groups in total. The lowest BCUT2D eigenvalue weighted by Crippen LogP contribution is -2.23. The number of nitrogens with zero attached hydrogens (tertiary/aromatic N) is 5. The Hall–Kier alpha value is -4.29. The lowest BCUT2D eigenvalue weighted by molar-refractivity contribution is -0.385. The molecule has 1 amide bonds. The van der Waals surface area contributed by atoms with Gasteiger partial charge in [0.15, 0.2) is 0 Å². The standard InChI is InChI=1S/C23H14BrN5O5S/c24-17-7-10-20-21(13-17)35-23(26-20)27(25-14-16-4-8-18(9-5-16)28(31)32)22(30)11-6-15-2-1-3-19(12-15)29(33)34/h1-14H/b11-6+,25-14+. The summed E-state index contributed by atoms with van der Waals surface area (Å²) in [6, 6.07) is 17.1. The smallest absolute Gasteiger partial charge is 0.267 e. The number of non-ortho nitro benzene ring substituents is 2. The van der Waals surface area contributed by atoms with Gasteiger partial charge in [0.05, 0.1) is 26.3 Å². The topological polar surface area (TPSA) is 132 Å². The number of benzene rings is 3. The van der Waals surface area contributed by atoms with Crippen LogP contribution >= 0.6 is 27.3 Å². The van der Waals surface area contributed by atoms with E-state index < -0.39 is 15.8 Å². The highest BCUT2D eigenvalue weighted by Gasteiger charge is 2.18. The van der Waals surface area contributed by atoms with Crippen LogP contribution < -0.4 is 5.01 Å². The molecule has 0 spiro atoms. The van der Waals surface area contributed by atoms with Gasteiger partial charge in [-0.25, -0.2) is 4.98 Å². The average Bonchev–Trinajstić information content (AvgIpc) is 3.26. The first-order valence-corrected chi connectivity index (χ1v) is 11.5. The number of carbonyl (C=O) groups excluding carboxylic acids is 1. The molecule has 0 aliphatic rings. The van der Waals surface area contributed by atoms with E-state index in [4.69, 9.17) is 0 Å². The SMILES string of the molecule is O=C(/C=C/c1cccc([N+](=O)[O-])c1)N(/N=C/c1ccc([N+](=O)[O-])cc1)c1nc2ccc(Br)cc2s1. The first-order chi connectivity index (χ1) is 16.8. The van der Waals surface area contributed by atoms with Crippen molar-refractivity contribution in [3.8, 4) is 0 Å². The van der Waals surface area contributed by atoms with Crippen molar-refractivity contribution in [2.24, 2.45) is 5.10 Å². The predicted octanol–water partition coefficient (Wildman–Crippen LogP) is 5.96. The molecule has 0 unspecified atom stereocenters. The molecule has 0 bridgehead atoms. The van der Waals surface area contributed by atoms with Crippen molar-refractivity contribution in [3.05, 3.63) is 109 Å². The molecule has 0 saturated heterocycles. The highest BCUT2D eigenvalue weighted by atomic mass is 79.9. The Morgan fingerprint density at radius 1 is 0.971 bits per heavy atom. The zero-order valence-corrected chi connectivity index (χ0v) is 20.0. The molecule has 1 aromatic heterocycles. The highest BCUT2D eigenvalue weighted by molar-refractivity contribution is 9.10. The van der Waals surface area contributed by atoms with Gasteiger partial charge < -0.3 is 0 Å². The van der Waals surface area contributed by atoms with Crippen molar-refractivity contribution in [2.45, 2.75) is 0 Å². The number of hydrazone groups is 1. The minimum Gasteiger partial charge on any atom is -0.267 e. The van der Waals surface area contributed by atoms with Crippen molar-refractivity contribution >= 4 is 72.2 Å². The zero-order valence-electron chi connectivity index (χ0n) is 17.6. The third-order valence-corrected chi connectivity index (χ3v) is 6.14. The number of anilines is 1. The van der Waals surface area contributed by atoms with Crippen LogP contribution in [-0.4, -0.2) is 27.0 Å². The van der Waals surface area contributed by atoms with E-state index in [0.29, 0.717) is 21.8 Å². The molecule has 3 aromatic carbocycles. The summed E-state index contributed by atoms with van der Waals surface area (Å²) in [5.74, 6) is -0.534. The van der Waals surface area contributed by atoms with Crippen LogP contribution in [-0.2, 0) is 4.79 Å². The summed E-state index contributed by atoms with van der Waals surface area (Å²) in [6.45, 7) is 0. The molecule has 0 aliphatic carbocycles. The highest BCUT2D eigenvalue weighted by Crippen LogP contribution is 2.31. The van der Waals surface area contributed by atoms with Crippen LogP contribution in [0.25, 0.3) is 16.3 Å². The Kier molecular flexibility index (Phi) is 7.03. The van der Waals surface area contributed by atoms with Gasteiger partial charge in [-0.3, -0.25) is 25.0 Å². The first kappa shape index (κ1) is 23.9. The molecular weight excluding hydrogens is 538 g/mol. The van der Waals surface area contributed by atoms with Gasteiger partial charge in [-0.15, -0.1) is 0 Å². The number of carbonyl (C=O) groups is 1. The van der Waals surface area contributed by atoms with Gasteiger partial charge in [-0.2, -0.15) is 10.1 Å². The van der Waals surface area contributed by atoms with Gasteiger partial charge in [0.25, 0.3) is 17.3 Å². The molecule has 0 fully saturated rings. The summed E-state index contributed by atoms with van der Waals surface area (Å²) in [6.07, 6.45) is 4.09. The van der Waals surface area contributed by atoms with Crippen LogP contribution in [0, 0.1) is 20.2 Å². The van der Waals surface area contributed by atoms with Crippen molar-refractivity contribution in [1.29, 1.82) is 0 Å². The number of aromatic nitrogens is 1. The lowest BCUT2D eigenvalue weighted by Gasteiger charge is -2.11. The van der Waals surface area contributed by atoms with Crippen LogP contribution in [0.2, 0.25) is 0 Å². The van der Waals surface area contributed by atoms with Gasteiger partial charge in [-0.05, 0) is 47.5 Å². The van der Waals surface area contributed by atoms with Gasteiger partial charge >= 0.3 is 0 Å². The van der Waals surface area contributed by atoms with Gasteiger partial charge in [0, 0.05) is 34.8 Å². The fourth-order valence-electron chi connectivity index (χ4n) is 2.96. The number of nitro groups is 2. The van der Waals surface area contributed by atoms with E-state index in [1.165, 1.54) is 72.2 Å². The molecule has 35 heavy (non-hydrogen) atoms. The molecule has 12 heteroatoms. The molecule has 1 heterocycles. The Morgan fingerprint density at radius 2 is 1.71 bits per heavy atom. The maximum Gasteiger partial charge on any atom is 0.273 e. The van der Waals surface area contributed by atoms with Crippen LogP contribution in [0.15, 0.2) is 82.4 Å². The number of fused-ring (bicyclic) bond motifs is 1.